The summed E-state index contributed by atoms with van der Waals surface area (Å²) in [7, 11) is 0. The van der Waals surface area contributed by atoms with Crippen molar-refractivity contribution in [2.75, 3.05) is 23.5 Å². The predicted molar refractivity (Wildman–Crippen MR) is 107 cm³/mol. The highest BCUT2D eigenvalue weighted by atomic mass is 35.5. The molecule has 5 nitrogen and oxygen atoms in total. The molecule has 0 unspecified atom stereocenters. The molecule has 3 N–H and O–H groups in total. The van der Waals surface area contributed by atoms with Crippen LogP contribution in [0.5, 0.6) is 0 Å². The molecule has 26 heavy (non-hydrogen) atoms. The first-order valence-electron chi connectivity index (χ1n) is 8.65. The van der Waals surface area contributed by atoms with E-state index in [1.165, 1.54) is 5.06 Å². The SMILES string of the molecule is ON1C(=NCc2ccccc2)C2(CCNCC2)Nc2cc(Cl)c(Cl)cc21. The zero-order chi connectivity index (χ0) is 18.1. The van der Waals surface area contributed by atoms with Gasteiger partial charge in [-0.1, -0.05) is 53.5 Å². The lowest BCUT2D eigenvalue weighted by atomic mass is 9.84. The quantitative estimate of drug-likeness (QED) is 0.713. The average Bonchev–Trinajstić information content (AvgIpc) is 2.65. The molecule has 0 aliphatic carbocycles. The van der Waals surface area contributed by atoms with Crippen LogP contribution in [0.25, 0.3) is 0 Å². The first-order chi connectivity index (χ1) is 12.6. The number of rotatable bonds is 2. The van der Waals surface area contributed by atoms with Crippen LogP contribution in [0.3, 0.4) is 0 Å². The van der Waals surface area contributed by atoms with Gasteiger partial charge in [-0.3, -0.25) is 10.2 Å². The molecule has 0 saturated carbocycles. The van der Waals surface area contributed by atoms with Crippen LogP contribution >= 0.6 is 23.2 Å². The summed E-state index contributed by atoms with van der Waals surface area (Å²) in [5.41, 5.74) is 1.99. The average molecular weight is 391 g/mol. The number of aliphatic imine (C=N–C) groups is 1. The molecule has 2 aromatic carbocycles. The van der Waals surface area contributed by atoms with E-state index >= 15 is 0 Å². The summed E-state index contributed by atoms with van der Waals surface area (Å²) < 4.78 is 0. The van der Waals surface area contributed by atoms with Gasteiger partial charge in [0.15, 0.2) is 5.84 Å². The Labute approximate surface area is 162 Å². The van der Waals surface area contributed by atoms with Gasteiger partial charge in [-0.2, -0.15) is 0 Å². The number of halogens is 2. The summed E-state index contributed by atoms with van der Waals surface area (Å²) in [4.78, 5) is 4.79. The van der Waals surface area contributed by atoms with Gasteiger partial charge in [-0.25, -0.2) is 5.06 Å². The molecule has 0 radical (unpaired) electrons. The maximum Gasteiger partial charge on any atom is 0.155 e. The second-order valence-corrected chi connectivity index (χ2v) is 7.49. The molecule has 1 saturated heterocycles. The Balaban J connectivity index is 1.76. The zero-order valence-corrected chi connectivity index (χ0v) is 15.7. The fourth-order valence-corrected chi connectivity index (χ4v) is 3.93. The molecule has 0 aromatic heterocycles. The smallest absolute Gasteiger partial charge is 0.155 e. The van der Waals surface area contributed by atoms with Crippen molar-refractivity contribution in [2.45, 2.75) is 24.9 Å². The Bertz CT molecular complexity index is 835. The number of fused-ring (bicyclic) bond motifs is 1. The van der Waals surface area contributed by atoms with Crippen LogP contribution in [0.1, 0.15) is 18.4 Å². The first kappa shape index (κ1) is 17.6. The van der Waals surface area contributed by atoms with E-state index in [0.29, 0.717) is 28.1 Å². The predicted octanol–water partition coefficient (Wildman–Crippen LogP) is 4.34. The lowest BCUT2D eigenvalue weighted by molar-refractivity contribution is 0.288. The number of hydroxylamine groups is 1. The number of benzene rings is 2. The Morgan fingerprint density at radius 1 is 1.08 bits per heavy atom. The van der Waals surface area contributed by atoms with Crippen molar-refractivity contribution >= 4 is 40.4 Å². The van der Waals surface area contributed by atoms with Gasteiger partial charge in [-0.15, -0.1) is 0 Å². The minimum atomic E-state index is -0.432. The van der Waals surface area contributed by atoms with Crippen molar-refractivity contribution in [3.8, 4) is 0 Å². The number of piperidine rings is 1. The number of nitrogens with zero attached hydrogens (tertiary/aromatic N) is 2. The third kappa shape index (κ3) is 3.16. The molecule has 0 amide bonds. The van der Waals surface area contributed by atoms with E-state index in [2.05, 4.69) is 10.6 Å². The van der Waals surface area contributed by atoms with E-state index in [4.69, 9.17) is 28.2 Å². The largest absolute Gasteiger partial charge is 0.371 e. The molecule has 1 spiro atoms. The lowest BCUT2D eigenvalue weighted by Gasteiger charge is -2.46. The molecule has 0 atom stereocenters. The van der Waals surface area contributed by atoms with Gasteiger partial charge in [0.2, 0.25) is 0 Å². The van der Waals surface area contributed by atoms with E-state index in [1.807, 2.05) is 30.3 Å². The van der Waals surface area contributed by atoms with E-state index in [9.17, 15) is 5.21 Å². The summed E-state index contributed by atoms with van der Waals surface area (Å²) in [6.07, 6.45) is 1.63. The standard InChI is InChI=1S/C19H20Cl2N4O/c20-14-10-16-17(11-15(14)21)25(26)18(19(24-16)6-8-22-9-7-19)23-12-13-4-2-1-3-5-13/h1-5,10-11,22,24,26H,6-9,12H2. The van der Waals surface area contributed by atoms with Gasteiger partial charge in [0.25, 0.3) is 0 Å². The molecule has 2 heterocycles. The van der Waals surface area contributed by atoms with Crippen molar-refractivity contribution in [2.24, 2.45) is 4.99 Å². The van der Waals surface area contributed by atoms with Gasteiger partial charge in [-0.05, 0) is 43.6 Å². The van der Waals surface area contributed by atoms with E-state index in [0.717, 1.165) is 37.2 Å². The summed E-state index contributed by atoms with van der Waals surface area (Å²) in [5.74, 6) is 0.619. The molecule has 136 valence electrons. The fraction of sp³-hybridized carbons (Fsp3) is 0.316. The number of hydrogen-bond acceptors (Lipinski definition) is 4. The molecule has 4 rings (SSSR count). The summed E-state index contributed by atoms with van der Waals surface area (Å²) >= 11 is 12.3. The summed E-state index contributed by atoms with van der Waals surface area (Å²) in [6, 6.07) is 13.4. The van der Waals surface area contributed by atoms with Gasteiger partial charge < -0.3 is 10.6 Å². The van der Waals surface area contributed by atoms with E-state index in [1.54, 1.807) is 12.1 Å². The first-order valence-corrected chi connectivity index (χ1v) is 9.40. The second-order valence-electron chi connectivity index (χ2n) is 6.68. The fourth-order valence-electron chi connectivity index (χ4n) is 3.61. The normalized spacial score (nSPS) is 20.1. The van der Waals surface area contributed by atoms with Crippen LogP contribution in [-0.2, 0) is 6.54 Å². The van der Waals surface area contributed by atoms with E-state index < -0.39 is 5.54 Å². The van der Waals surface area contributed by atoms with Crippen molar-refractivity contribution in [3.63, 3.8) is 0 Å². The highest BCUT2D eigenvalue weighted by Gasteiger charge is 2.44. The molecule has 2 aliphatic rings. The van der Waals surface area contributed by atoms with Crippen LogP contribution in [0, 0.1) is 0 Å². The third-order valence-electron chi connectivity index (χ3n) is 4.98. The van der Waals surface area contributed by atoms with Crippen LogP contribution in [0.2, 0.25) is 10.0 Å². The monoisotopic (exact) mass is 390 g/mol. The molecule has 1 fully saturated rings. The summed E-state index contributed by atoms with van der Waals surface area (Å²) in [6.45, 7) is 2.20. The molecular weight excluding hydrogens is 371 g/mol. The molecule has 7 heteroatoms. The van der Waals surface area contributed by atoms with Crippen molar-refractivity contribution in [1.29, 1.82) is 0 Å². The minimum absolute atomic E-state index is 0.398. The van der Waals surface area contributed by atoms with Crippen LogP contribution in [0.15, 0.2) is 47.5 Å². The van der Waals surface area contributed by atoms with Crippen molar-refractivity contribution in [1.82, 2.24) is 5.32 Å². The number of anilines is 2. The molecular formula is C19H20Cl2N4O. The lowest BCUT2D eigenvalue weighted by Crippen LogP contribution is -2.60. The molecule has 2 aromatic rings. The summed E-state index contributed by atoms with van der Waals surface area (Å²) in [5, 5.41) is 19.9. The van der Waals surface area contributed by atoms with Crippen LogP contribution in [-0.4, -0.2) is 29.7 Å². The second kappa shape index (κ2) is 7.08. The highest BCUT2D eigenvalue weighted by Crippen LogP contribution is 2.42. The van der Waals surface area contributed by atoms with Crippen LogP contribution < -0.4 is 15.7 Å². The zero-order valence-electron chi connectivity index (χ0n) is 14.2. The maximum absolute atomic E-state index is 11.0. The topological polar surface area (TPSA) is 59.9 Å². The minimum Gasteiger partial charge on any atom is -0.371 e. The van der Waals surface area contributed by atoms with Gasteiger partial charge in [0, 0.05) is 0 Å². The maximum atomic E-state index is 11.0. The van der Waals surface area contributed by atoms with Gasteiger partial charge in [0.1, 0.15) is 0 Å². The Morgan fingerprint density at radius 2 is 1.77 bits per heavy atom. The van der Waals surface area contributed by atoms with E-state index in [-0.39, 0.29) is 0 Å². The molecule has 2 aliphatic heterocycles. The molecule has 0 bridgehead atoms. The Morgan fingerprint density at radius 3 is 2.50 bits per heavy atom. The Hall–Kier alpha value is -1.79. The number of nitrogens with one attached hydrogen (secondary N) is 2. The van der Waals surface area contributed by atoms with Gasteiger partial charge >= 0.3 is 0 Å². The highest BCUT2D eigenvalue weighted by molar-refractivity contribution is 6.42. The van der Waals surface area contributed by atoms with Crippen molar-refractivity contribution < 1.29 is 5.21 Å². The van der Waals surface area contributed by atoms with Gasteiger partial charge in [0.05, 0.1) is 33.5 Å². The number of amidine groups is 1. The third-order valence-corrected chi connectivity index (χ3v) is 5.70. The van der Waals surface area contributed by atoms with Crippen LogP contribution in [0.4, 0.5) is 11.4 Å². The number of hydrogen-bond donors (Lipinski definition) is 3. The Kier molecular flexibility index (Phi) is 4.80. The van der Waals surface area contributed by atoms with Crippen molar-refractivity contribution in [3.05, 3.63) is 58.1 Å².